The molecule has 16 heavy (non-hydrogen) atoms. The van der Waals surface area contributed by atoms with E-state index in [-0.39, 0.29) is 17.4 Å². The van der Waals surface area contributed by atoms with Crippen LogP contribution in [0.4, 0.5) is 0 Å². The van der Waals surface area contributed by atoms with Crippen molar-refractivity contribution in [2.24, 2.45) is 5.41 Å². The lowest BCUT2D eigenvalue weighted by atomic mass is 9.89. The van der Waals surface area contributed by atoms with Crippen molar-refractivity contribution in [1.82, 2.24) is 15.5 Å². The van der Waals surface area contributed by atoms with Crippen molar-refractivity contribution >= 4 is 5.91 Å². The minimum Gasteiger partial charge on any atom is -0.379 e. The molecule has 0 aliphatic rings. The molecule has 0 unspecified atom stereocenters. The highest BCUT2D eigenvalue weighted by Crippen LogP contribution is 2.20. The Kier molecular flexibility index (Phi) is 4.06. The van der Waals surface area contributed by atoms with Gasteiger partial charge in [0, 0.05) is 19.9 Å². The number of nitrogens with one attached hydrogen (secondary N) is 2. The first kappa shape index (κ1) is 12.7. The summed E-state index contributed by atoms with van der Waals surface area (Å²) in [6.07, 6.45) is 3.05. The number of ether oxygens (including phenoxy) is 1. The predicted molar refractivity (Wildman–Crippen MR) is 61.2 cm³/mol. The van der Waals surface area contributed by atoms with E-state index in [4.69, 9.17) is 4.74 Å². The lowest BCUT2D eigenvalue weighted by molar-refractivity contribution is 0.0176. The number of carbonyl (C=O) groups excluding carboxylic acids is 1. The maximum absolute atomic E-state index is 11.6. The molecule has 0 radical (unpaired) electrons. The Morgan fingerprint density at radius 1 is 1.62 bits per heavy atom. The van der Waals surface area contributed by atoms with Crippen molar-refractivity contribution in [1.29, 1.82) is 0 Å². The third-order valence-corrected chi connectivity index (χ3v) is 2.46. The van der Waals surface area contributed by atoms with Gasteiger partial charge < -0.3 is 10.1 Å². The zero-order valence-electron chi connectivity index (χ0n) is 10.2. The average molecular weight is 225 g/mol. The minimum atomic E-state index is -0.139. The van der Waals surface area contributed by atoms with Crippen molar-refractivity contribution in [3.05, 3.63) is 18.0 Å². The fourth-order valence-corrected chi connectivity index (χ4v) is 1.41. The van der Waals surface area contributed by atoms with Gasteiger partial charge in [-0.25, -0.2) is 0 Å². The van der Waals surface area contributed by atoms with Gasteiger partial charge in [0.1, 0.15) is 0 Å². The van der Waals surface area contributed by atoms with Gasteiger partial charge in [-0.05, 0) is 5.41 Å². The molecule has 0 aromatic carbocycles. The summed E-state index contributed by atoms with van der Waals surface area (Å²) in [6.45, 7) is 6.71. The van der Waals surface area contributed by atoms with Crippen LogP contribution in [0.2, 0.25) is 0 Å². The number of methoxy groups -OCH3 is 1. The number of nitrogens with zero attached hydrogens (tertiary/aromatic N) is 1. The van der Waals surface area contributed by atoms with Crippen molar-refractivity contribution < 1.29 is 9.53 Å². The summed E-state index contributed by atoms with van der Waals surface area (Å²) in [4.78, 5) is 11.6. The van der Waals surface area contributed by atoms with E-state index in [1.165, 1.54) is 6.20 Å². The van der Waals surface area contributed by atoms with Crippen LogP contribution in [0.25, 0.3) is 0 Å². The van der Waals surface area contributed by atoms with E-state index in [9.17, 15) is 4.79 Å². The second-order valence-corrected chi connectivity index (χ2v) is 4.79. The molecule has 1 heterocycles. The van der Waals surface area contributed by atoms with E-state index in [0.717, 1.165) is 0 Å². The van der Waals surface area contributed by atoms with Crippen LogP contribution in [0, 0.1) is 5.41 Å². The lowest BCUT2D eigenvalue weighted by Crippen LogP contribution is -2.40. The molecule has 0 aliphatic carbocycles. The topological polar surface area (TPSA) is 67.0 Å². The SMILES string of the molecule is CO[C@H](CNC(=O)c1cn[nH]c1)C(C)(C)C. The second kappa shape index (κ2) is 5.12. The maximum atomic E-state index is 11.6. The van der Waals surface area contributed by atoms with E-state index in [0.29, 0.717) is 12.1 Å². The van der Waals surface area contributed by atoms with E-state index < -0.39 is 0 Å². The molecule has 0 saturated carbocycles. The lowest BCUT2D eigenvalue weighted by Gasteiger charge is -2.29. The highest BCUT2D eigenvalue weighted by molar-refractivity contribution is 5.93. The van der Waals surface area contributed by atoms with Gasteiger partial charge in [-0.3, -0.25) is 9.89 Å². The first-order chi connectivity index (χ1) is 7.45. The summed E-state index contributed by atoms with van der Waals surface area (Å²) < 4.78 is 5.34. The molecule has 0 spiro atoms. The molecule has 5 heteroatoms. The van der Waals surface area contributed by atoms with E-state index in [1.54, 1.807) is 13.3 Å². The Balaban J connectivity index is 2.48. The molecule has 2 N–H and O–H groups in total. The molecule has 90 valence electrons. The zero-order valence-corrected chi connectivity index (χ0v) is 10.2. The van der Waals surface area contributed by atoms with Crippen molar-refractivity contribution in [3.8, 4) is 0 Å². The molecule has 1 aromatic heterocycles. The number of amides is 1. The Morgan fingerprint density at radius 2 is 2.31 bits per heavy atom. The van der Waals surface area contributed by atoms with E-state index in [2.05, 4.69) is 36.3 Å². The van der Waals surface area contributed by atoms with Crippen LogP contribution in [0.3, 0.4) is 0 Å². The Labute approximate surface area is 95.6 Å². The summed E-state index contributed by atoms with van der Waals surface area (Å²) in [5.41, 5.74) is 0.530. The average Bonchev–Trinajstić information content (AvgIpc) is 2.68. The summed E-state index contributed by atoms with van der Waals surface area (Å²) in [7, 11) is 1.65. The molecule has 1 amide bonds. The van der Waals surface area contributed by atoms with Crippen LogP contribution in [-0.4, -0.2) is 35.9 Å². The Morgan fingerprint density at radius 3 is 2.75 bits per heavy atom. The third-order valence-electron chi connectivity index (χ3n) is 2.46. The summed E-state index contributed by atoms with van der Waals surface area (Å²) in [5.74, 6) is -0.139. The second-order valence-electron chi connectivity index (χ2n) is 4.79. The van der Waals surface area contributed by atoms with Crippen molar-refractivity contribution in [3.63, 3.8) is 0 Å². The fourth-order valence-electron chi connectivity index (χ4n) is 1.41. The Bertz CT molecular complexity index is 327. The first-order valence-corrected chi connectivity index (χ1v) is 5.25. The normalized spacial score (nSPS) is 13.5. The van der Waals surface area contributed by atoms with Gasteiger partial charge in [0.25, 0.3) is 5.91 Å². The van der Waals surface area contributed by atoms with E-state index in [1.807, 2.05) is 0 Å². The standard InChI is InChI=1S/C11H19N3O2/c1-11(2,3)9(16-4)7-12-10(15)8-5-13-14-6-8/h5-6,9H,7H2,1-4H3,(H,12,15)(H,13,14)/t9-/m1/s1. The number of hydrogen-bond acceptors (Lipinski definition) is 3. The van der Waals surface area contributed by atoms with Gasteiger partial charge in [0.15, 0.2) is 0 Å². The van der Waals surface area contributed by atoms with Crippen LogP contribution in [0.5, 0.6) is 0 Å². The molecule has 1 aromatic rings. The smallest absolute Gasteiger partial charge is 0.254 e. The molecule has 1 atom stereocenters. The van der Waals surface area contributed by atoms with Gasteiger partial charge in [0.05, 0.1) is 17.9 Å². The van der Waals surface area contributed by atoms with Gasteiger partial charge >= 0.3 is 0 Å². The molecular formula is C11H19N3O2. The number of aromatic amines is 1. The van der Waals surface area contributed by atoms with Crippen molar-refractivity contribution in [2.75, 3.05) is 13.7 Å². The minimum absolute atomic E-state index is 0.00156. The monoisotopic (exact) mass is 225 g/mol. The molecule has 1 rings (SSSR count). The highest BCUT2D eigenvalue weighted by atomic mass is 16.5. The van der Waals surface area contributed by atoms with Gasteiger partial charge in [-0.15, -0.1) is 0 Å². The molecule has 5 nitrogen and oxygen atoms in total. The van der Waals surface area contributed by atoms with Crippen LogP contribution >= 0.6 is 0 Å². The highest BCUT2D eigenvalue weighted by Gasteiger charge is 2.24. The molecule has 0 saturated heterocycles. The summed E-state index contributed by atoms with van der Waals surface area (Å²) in [6, 6.07) is 0. The Hall–Kier alpha value is -1.36. The molecule has 0 bridgehead atoms. The van der Waals surface area contributed by atoms with Crippen LogP contribution in [0.15, 0.2) is 12.4 Å². The molecule has 0 fully saturated rings. The van der Waals surface area contributed by atoms with Crippen molar-refractivity contribution in [2.45, 2.75) is 26.9 Å². The van der Waals surface area contributed by atoms with Gasteiger partial charge in [-0.1, -0.05) is 20.8 Å². The molecular weight excluding hydrogens is 206 g/mol. The first-order valence-electron chi connectivity index (χ1n) is 5.25. The predicted octanol–water partition coefficient (Wildman–Crippen LogP) is 1.20. The quantitative estimate of drug-likeness (QED) is 0.809. The van der Waals surface area contributed by atoms with Gasteiger partial charge in [0.2, 0.25) is 0 Å². The van der Waals surface area contributed by atoms with Crippen LogP contribution in [-0.2, 0) is 4.74 Å². The summed E-state index contributed by atoms with van der Waals surface area (Å²) >= 11 is 0. The third kappa shape index (κ3) is 3.34. The van der Waals surface area contributed by atoms with Gasteiger partial charge in [-0.2, -0.15) is 5.10 Å². The number of carbonyl (C=O) groups is 1. The molecule has 0 aliphatic heterocycles. The summed E-state index contributed by atoms with van der Waals surface area (Å²) in [5, 5.41) is 9.14. The number of rotatable bonds is 4. The van der Waals surface area contributed by atoms with Crippen LogP contribution < -0.4 is 5.32 Å². The number of hydrogen-bond donors (Lipinski definition) is 2. The van der Waals surface area contributed by atoms with E-state index >= 15 is 0 Å². The number of H-pyrrole nitrogens is 1. The largest absolute Gasteiger partial charge is 0.379 e. The fraction of sp³-hybridized carbons (Fsp3) is 0.636. The number of aromatic nitrogens is 2. The maximum Gasteiger partial charge on any atom is 0.254 e. The zero-order chi connectivity index (χ0) is 12.2. The van der Waals surface area contributed by atoms with Crippen LogP contribution in [0.1, 0.15) is 31.1 Å².